The average Bonchev–Trinajstić information content (AvgIpc) is 3.08. The summed E-state index contributed by atoms with van der Waals surface area (Å²) in [4.78, 5) is 27.2. The molecule has 3 aromatic rings. The highest BCUT2D eigenvalue weighted by atomic mass is 19.4. The third kappa shape index (κ3) is 4.70. The number of benzene rings is 3. The van der Waals surface area contributed by atoms with Crippen LogP contribution in [0.4, 0.5) is 13.2 Å². The van der Waals surface area contributed by atoms with Crippen molar-refractivity contribution < 1.29 is 37.7 Å². The Morgan fingerprint density at radius 1 is 1.00 bits per heavy atom. The predicted molar refractivity (Wildman–Crippen MR) is 120 cm³/mol. The summed E-state index contributed by atoms with van der Waals surface area (Å²) in [5.74, 6) is -2.04. The average molecular weight is 483 g/mol. The van der Waals surface area contributed by atoms with E-state index in [-0.39, 0.29) is 29.0 Å². The standard InChI is InChI=1S/C26H20F3NO5/c1-35-20-7-3-5-17(13-20)23(32)21-22(16-8-10-19(31)11-9-16)30(25(34)24(21)33)14-15-4-2-6-18(12-15)26(27,28)29/h2-13,22,31-32H,14H2,1H3/b23-21+. The van der Waals surface area contributed by atoms with Crippen LogP contribution in [0.3, 0.4) is 0 Å². The highest BCUT2D eigenvalue weighted by molar-refractivity contribution is 6.46. The topological polar surface area (TPSA) is 87.1 Å². The van der Waals surface area contributed by atoms with Crippen LogP contribution in [0.25, 0.3) is 5.76 Å². The molecule has 1 aliphatic rings. The van der Waals surface area contributed by atoms with Crippen molar-refractivity contribution in [3.05, 3.63) is 101 Å². The first-order valence-corrected chi connectivity index (χ1v) is 10.5. The molecule has 6 nitrogen and oxygen atoms in total. The van der Waals surface area contributed by atoms with Gasteiger partial charge in [0.05, 0.1) is 24.3 Å². The highest BCUT2D eigenvalue weighted by Gasteiger charge is 2.46. The van der Waals surface area contributed by atoms with Crippen molar-refractivity contribution in [3.8, 4) is 11.5 Å². The molecule has 3 aromatic carbocycles. The van der Waals surface area contributed by atoms with Gasteiger partial charge in [-0.15, -0.1) is 0 Å². The molecule has 1 aliphatic heterocycles. The Hall–Kier alpha value is -4.27. The van der Waals surface area contributed by atoms with Gasteiger partial charge in [-0.25, -0.2) is 0 Å². The van der Waals surface area contributed by atoms with Crippen molar-refractivity contribution in [2.75, 3.05) is 7.11 Å². The quantitative estimate of drug-likeness (QED) is 0.302. The molecule has 0 aromatic heterocycles. The summed E-state index contributed by atoms with van der Waals surface area (Å²) in [6, 6.07) is 15.3. The monoisotopic (exact) mass is 483 g/mol. The first kappa shape index (κ1) is 23.9. The lowest BCUT2D eigenvalue weighted by molar-refractivity contribution is -0.140. The van der Waals surface area contributed by atoms with Crippen molar-refractivity contribution in [3.63, 3.8) is 0 Å². The fourth-order valence-corrected chi connectivity index (χ4v) is 4.01. The molecular weight excluding hydrogens is 463 g/mol. The normalized spacial score (nSPS) is 17.6. The van der Waals surface area contributed by atoms with Gasteiger partial charge in [-0.2, -0.15) is 13.2 Å². The predicted octanol–water partition coefficient (Wildman–Crippen LogP) is 5.04. The molecule has 180 valence electrons. The van der Waals surface area contributed by atoms with E-state index in [1.165, 1.54) is 55.6 Å². The van der Waals surface area contributed by atoms with Crippen LogP contribution in [0.5, 0.6) is 11.5 Å². The van der Waals surface area contributed by atoms with Crippen LogP contribution in [0, 0.1) is 0 Å². The molecule has 1 amide bonds. The van der Waals surface area contributed by atoms with Gasteiger partial charge in [0.25, 0.3) is 11.7 Å². The Kier molecular flexibility index (Phi) is 6.26. The van der Waals surface area contributed by atoms with Crippen molar-refractivity contribution in [1.29, 1.82) is 0 Å². The van der Waals surface area contributed by atoms with E-state index in [9.17, 15) is 33.0 Å². The fourth-order valence-electron chi connectivity index (χ4n) is 4.01. The number of likely N-dealkylation sites (tertiary alicyclic amines) is 1. The summed E-state index contributed by atoms with van der Waals surface area (Å²) in [6.45, 7) is -0.311. The Morgan fingerprint density at radius 3 is 2.34 bits per heavy atom. The number of ketones is 1. The second kappa shape index (κ2) is 9.17. The number of alkyl halides is 3. The molecule has 9 heteroatoms. The summed E-state index contributed by atoms with van der Waals surface area (Å²) in [6.07, 6.45) is -4.58. The Balaban J connectivity index is 1.84. The number of hydrogen-bond acceptors (Lipinski definition) is 5. The number of methoxy groups -OCH3 is 1. The highest BCUT2D eigenvalue weighted by Crippen LogP contribution is 2.41. The lowest BCUT2D eigenvalue weighted by Gasteiger charge is -2.26. The van der Waals surface area contributed by atoms with E-state index < -0.39 is 35.2 Å². The summed E-state index contributed by atoms with van der Waals surface area (Å²) < 4.78 is 44.8. The summed E-state index contributed by atoms with van der Waals surface area (Å²) in [7, 11) is 1.43. The van der Waals surface area contributed by atoms with Crippen molar-refractivity contribution >= 4 is 17.4 Å². The van der Waals surface area contributed by atoms with Crippen molar-refractivity contribution in [1.82, 2.24) is 4.90 Å². The minimum atomic E-state index is -4.58. The number of phenols is 1. The van der Waals surface area contributed by atoms with Gasteiger partial charge >= 0.3 is 6.18 Å². The number of aliphatic hydroxyl groups excluding tert-OH is 1. The lowest BCUT2D eigenvalue weighted by Crippen LogP contribution is -2.29. The third-order valence-electron chi connectivity index (χ3n) is 5.70. The summed E-state index contributed by atoms with van der Waals surface area (Å²) in [5.41, 5.74) is -0.333. The number of Topliss-reactive ketones (excluding diaryl/α,β-unsaturated/α-hetero) is 1. The maximum atomic E-state index is 13.2. The molecule has 4 rings (SSSR count). The number of ether oxygens (including phenoxy) is 1. The molecule has 1 unspecified atom stereocenters. The lowest BCUT2D eigenvalue weighted by atomic mass is 9.95. The van der Waals surface area contributed by atoms with Gasteiger partial charge in [-0.3, -0.25) is 9.59 Å². The number of carbonyl (C=O) groups is 2. The first-order valence-electron chi connectivity index (χ1n) is 10.5. The smallest absolute Gasteiger partial charge is 0.416 e. The van der Waals surface area contributed by atoms with Gasteiger partial charge < -0.3 is 19.8 Å². The first-order chi connectivity index (χ1) is 16.6. The molecule has 1 heterocycles. The molecule has 0 aliphatic carbocycles. The molecule has 2 N–H and O–H groups in total. The number of aromatic hydroxyl groups is 1. The second-order valence-corrected chi connectivity index (χ2v) is 7.95. The maximum absolute atomic E-state index is 13.2. The maximum Gasteiger partial charge on any atom is 0.416 e. The SMILES string of the molecule is COc1cccc(/C(O)=C2\C(=O)C(=O)N(Cc3cccc(C(F)(F)F)c3)C2c2ccc(O)cc2)c1. The van der Waals surface area contributed by atoms with E-state index in [4.69, 9.17) is 4.74 Å². The molecule has 0 spiro atoms. The summed E-state index contributed by atoms with van der Waals surface area (Å²) >= 11 is 0. The summed E-state index contributed by atoms with van der Waals surface area (Å²) in [5, 5.41) is 20.8. The van der Waals surface area contributed by atoms with Gasteiger partial charge in [0.2, 0.25) is 0 Å². The molecule has 1 saturated heterocycles. The number of hydrogen-bond donors (Lipinski definition) is 2. The molecule has 35 heavy (non-hydrogen) atoms. The van der Waals surface area contributed by atoms with Crippen LogP contribution in [0.15, 0.2) is 78.4 Å². The third-order valence-corrected chi connectivity index (χ3v) is 5.70. The number of carbonyl (C=O) groups excluding carboxylic acids is 2. The minimum absolute atomic E-state index is 0.0589. The Morgan fingerprint density at radius 2 is 1.69 bits per heavy atom. The molecule has 1 atom stereocenters. The molecule has 0 radical (unpaired) electrons. The van der Waals surface area contributed by atoms with Gasteiger partial charge in [0.1, 0.15) is 17.3 Å². The van der Waals surface area contributed by atoms with Crippen LogP contribution in [-0.4, -0.2) is 33.9 Å². The van der Waals surface area contributed by atoms with Gasteiger partial charge in [-0.05, 0) is 47.5 Å². The van der Waals surface area contributed by atoms with Crippen molar-refractivity contribution in [2.45, 2.75) is 18.8 Å². The number of rotatable bonds is 5. The van der Waals surface area contributed by atoms with E-state index in [1.54, 1.807) is 12.1 Å². The molecule has 0 bridgehead atoms. The Labute approximate surface area is 198 Å². The van der Waals surface area contributed by atoms with E-state index in [0.717, 1.165) is 17.0 Å². The second-order valence-electron chi connectivity index (χ2n) is 7.95. The number of amides is 1. The minimum Gasteiger partial charge on any atom is -0.508 e. The van der Waals surface area contributed by atoms with Crippen LogP contribution in [0.2, 0.25) is 0 Å². The number of aliphatic hydroxyl groups is 1. The number of nitrogens with zero attached hydrogens (tertiary/aromatic N) is 1. The number of phenolic OH excluding ortho intramolecular Hbond substituents is 1. The van der Waals surface area contributed by atoms with E-state index in [1.807, 2.05) is 0 Å². The van der Waals surface area contributed by atoms with Gasteiger partial charge in [0, 0.05) is 12.1 Å². The molecular formula is C26H20F3NO5. The van der Waals surface area contributed by atoms with Crippen LogP contribution >= 0.6 is 0 Å². The zero-order chi connectivity index (χ0) is 25.3. The van der Waals surface area contributed by atoms with Gasteiger partial charge in [0.15, 0.2) is 0 Å². The number of halogens is 3. The largest absolute Gasteiger partial charge is 0.508 e. The zero-order valence-electron chi connectivity index (χ0n) is 18.4. The van der Waals surface area contributed by atoms with Crippen LogP contribution in [-0.2, 0) is 22.3 Å². The van der Waals surface area contributed by atoms with E-state index >= 15 is 0 Å². The zero-order valence-corrected chi connectivity index (χ0v) is 18.4. The van der Waals surface area contributed by atoms with Crippen molar-refractivity contribution in [2.24, 2.45) is 0 Å². The van der Waals surface area contributed by atoms with Crippen LogP contribution in [0.1, 0.15) is 28.3 Å². The Bertz CT molecular complexity index is 1320. The molecule has 0 saturated carbocycles. The van der Waals surface area contributed by atoms with Gasteiger partial charge in [-0.1, -0.05) is 36.4 Å². The fraction of sp³-hybridized carbons (Fsp3) is 0.154. The molecule has 1 fully saturated rings. The van der Waals surface area contributed by atoms with Crippen LogP contribution < -0.4 is 4.74 Å². The van der Waals surface area contributed by atoms with E-state index in [2.05, 4.69) is 0 Å². The van der Waals surface area contributed by atoms with E-state index in [0.29, 0.717) is 11.3 Å².